The Hall–Kier alpha value is -0.640. The number of hydrogen-bond donors (Lipinski definition) is 1. The molecule has 0 aliphatic carbocycles. The number of hydrogen-bond acceptors (Lipinski definition) is 2. The SMILES string of the molecule is CNC(C)c1ccccc1-c1sccc1Br. The van der Waals surface area contributed by atoms with Gasteiger partial charge >= 0.3 is 0 Å². The third kappa shape index (κ3) is 2.21. The lowest BCUT2D eigenvalue weighted by Gasteiger charge is -2.15. The third-order valence-electron chi connectivity index (χ3n) is 2.72. The van der Waals surface area contributed by atoms with E-state index in [0.717, 1.165) is 0 Å². The van der Waals surface area contributed by atoms with Gasteiger partial charge in [0, 0.05) is 15.4 Å². The summed E-state index contributed by atoms with van der Waals surface area (Å²) in [6.45, 7) is 2.18. The molecule has 1 atom stereocenters. The normalized spacial score (nSPS) is 12.7. The molecule has 0 aliphatic rings. The monoisotopic (exact) mass is 295 g/mol. The van der Waals surface area contributed by atoms with Gasteiger partial charge in [0.25, 0.3) is 0 Å². The minimum absolute atomic E-state index is 0.366. The molecule has 0 amide bonds. The average Bonchev–Trinajstić information content (AvgIpc) is 2.74. The number of halogens is 1. The van der Waals surface area contributed by atoms with Crippen LogP contribution in [0.1, 0.15) is 18.5 Å². The minimum Gasteiger partial charge on any atom is -0.313 e. The number of rotatable bonds is 3. The van der Waals surface area contributed by atoms with Crippen molar-refractivity contribution in [3.63, 3.8) is 0 Å². The van der Waals surface area contributed by atoms with Gasteiger partial charge < -0.3 is 5.32 Å². The molecular weight excluding hydrogens is 282 g/mol. The van der Waals surface area contributed by atoms with E-state index in [2.05, 4.69) is 63.9 Å². The lowest BCUT2D eigenvalue weighted by atomic mass is 10.0. The fourth-order valence-electron chi connectivity index (χ4n) is 1.72. The fourth-order valence-corrected chi connectivity index (χ4v) is 3.36. The predicted molar refractivity (Wildman–Crippen MR) is 74.9 cm³/mol. The van der Waals surface area contributed by atoms with Gasteiger partial charge in [0.05, 0.1) is 0 Å². The van der Waals surface area contributed by atoms with Gasteiger partial charge in [-0.3, -0.25) is 0 Å². The molecule has 3 heteroatoms. The predicted octanol–water partition coefficient (Wildman–Crippen LogP) is 4.46. The molecule has 16 heavy (non-hydrogen) atoms. The zero-order valence-electron chi connectivity index (χ0n) is 9.33. The molecule has 1 aromatic heterocycles. The van der Waals surface area contributed by atoms with Crippen molar-refractivity contribution in [2.75, 3.05) is 7.05 Å². The quantitative estimate of drug-likeness (QED) is 0.882. The molecular formula is C13H14BrNS. The Balaban J connectivity index is 2.53. The zero-order valence-corrected chi connectivity index (χ0v) is 11.7. The third-order valence-corrected chi connectivity index (χ3v) is 4.59. The van der Waals surface area contributed by atoms with Crippen molar-refractivity contribution >= 4 is 27.3 Å². The van der Waals surface area contributed by atoms with Crippen LogP contribution >= 0.6 is 27.3 Å². The van der Waals surface area contributed by atoms with E-state index in [4.69, 9.17) is 0 Å². The summed E-state index contributed by atoms with van der Waals surface area (Å²) >= 11 is 5.37. The molecule has 0 saturated carbocycles. The van der Waals surface area contributed by atoms with Crippen LogP contribution in [0.25, 0.3) is 10.4 Å². The second kappa shape index (κ2) is 5.13. The van der Waals surface area contributed by atoms with E-state index in [-0.39, 0.29) is 0 Å². The first kappa shape index (κ1) is 11.8. The summed E-state index contributed by atoms with van der Waals surface area (Å²) in [6.07, 6.45) is 0. The Morgan fingerprint density at radius 3 is 2.62 bits per heavy atom. The van der Waals surface area contributed by atoms with Gasteiger partial charge in [-0.1, -0.05) is 24.3 Å². The van der Waals surface area contributed by atoms with Crippen molar-refractivity contribution in [1.29, 1.82) is 0 Å². The van der Waals surface area contributed by atoms with Gasteiger partial charge in [-0.2, -0.15) is 0 Å². The molecule has 84 valence electrons. The molecule has 0 fully saturated rings. The van der Waals surface area contributed by atoms with Crippen LogP contribution in [0, 0.1) is 0 Å². The summed E-state index contributed by atoms with van der Waals surface area (Å²) in [4.78, 5) is 1.30. The van der Waals surface area contributed by atoms with Crippen LogP contribution < -0.4 is 5.32 Å². The number of thiophene rings is 1. The Morgan fingerprint density at radius 2 is 2.00 bits per heavy atom. The zero-order chi connectivity index (χ0) is 11.5. The van der Waals surface area contributed by atoms with E-state index in [1.54, 1.807) is 11.3 Å². The van der Waals surface area contributed by atoms with Crippen LogP contribution in [-0.4, -0.2) is 7.05 Å². The van der Waals surface area contributed by atoms with Crippen LogP contribution in [0.5, 0.6) is 0 Å². The number of benzene rings is 1. The molecule has 1 nitrogen and oxygen atoms in total. The van der Waals surface area contributed by atoms with Gasteiger partial charge in [-0.05, 0) is 52.5 Å². The van der Waals surface area contributed by atoms with Crippen molar-refractivity contribution in [2.45, 2.75) is 13.0 Å². The van der Waals surface area contributed by atoms with E-state index >= 15 is 0 Å². The summed E-state index contributed by atoms with van der Waals surface area (Å²) in [6, 6.07) is 11.0. The van der Waals surface area contributed by atoms with Crippen LogP contribution in [0.2, 0.25) is 0 Å². The molecule has 1 heterocycles. The molecule has 0 aliphatic heterocycles. The molecule has 1 aromatic carbocycles. The molecule has 0 spiro atoms. The standard InChI is InChI=1S/C13H14BrNS/c1-9(15-2)10-5-3-4-6-11(10)13-12(14)7-8-16-13/h3-9,15H,1-2H3. The van der Waals surface area contributed by atoms with E-state index < -0.39 is 0 Å². The second-order valence-electron chi connectivity index (χ2n) is 3.70. The summed E-state index contributed by atoms with van der Waals surface area (Å²) < 4.78 is 1.17. The largest absolute Gasteiger partial charge is 0.313 e. The molecule has 0 bridgehead atoms. The average molecular weight is 296 g/mol. The summed E-state index contributed by atoms with van der Waals surface area (Å²) in [7, 11) is 1.99. The highest BCUT2D eigenvalue weighted by Gasteiger charge is 2.12. The van der Waals surface area contributed by atoms with E-state index in [1.165, 1.54) is 20.5 Å². The fraction of sp³-hybridized carbons (Fsp3) is 0.231. The molecule has 0 radical (unpaired) electrons. The van der Waals surface area contributed by atoms with Gasteiger partial charge in [-0.25, -0.2) is 0 Å². The maximum Gasteiger partial charge on any atom is 0.0488 e. The smallest absolute Gasteiger partial charge is 0.0488 e. The summed E-state index contributed by atoms with van der Waals surface area (Å²) in [5.41, 5.74) is 2.65. The molecule has 2 aromatic rings. The molecule has 1 unspecified atom stereocenters. The van der Waals surface area contributed by atoms with Gasteiger partial charge in [0.2, 0.25) is 0 Å². The van der Waals surface area contributed by atoms with Crippen molar-refractivity contribution in [3.05, 3.63) is 45.7 Å². The molecule has 2 rings (SSSR count). The topological polar surface area (TPSA) is 12.0 Å². The maximum atomic E-state index is 3.60. The van der Waals surface area contributed by atoms with Gasteiger partial charge in [0.15, 0.2) is 0 Å². The Morgan fingerprint density at radius 1 is 1.25 bits per heavy atom. The van der Waals surface area contributed by atoms with E-state index in [9.17, 15) is 0 Å². The molecule has 1 N–H and O–H groups in total. The van der Waals surface area contributed by atoms with Crippen molar-refractivity contribution in [1.82, 2.24) is 5.32 Å². The van der Waals surface area contributed by atoms with Crippen LogP contribution in [0.15, 0.2) is 40.2 Å². The Labute approximate surface area is 109 Å². The van der Waals surface area contributed by atoms with Crippen molar-refractivity contribution in [3.8, 4) is 10.4 Å². The lowest BCUT2D eigenvalue weighted by Crippen LogP contribution is -2.13. The number of nitrogens with one attached hydrogen (secondary N) is 1. The highest BCUT2D eigenvalue weighted by molar-refractivity contribution is 9.10. The summed E-state index contributed by atoms with van der Waals surface area (Å²) in [5.74, 6) is 0. The van der Waals surface area contributed by atoms with Crippen molar-refractivity contribution in [2.24, 2.45) is 0 Å². The van der Waals surface area contributed by atoms with Crippen LogP contribution in [0.3, 0.4) is 0 Å². The highest BCUT2D eigenvalue weighted by atomic mass is 79.9. The van der Waals surface area contributed by atoms with Gasteiger partial charge in [-0.15, -0.1) is 11.3 Å². The van der Waals surface area contributed by atoms with Crippen LogP contribution in [0.4, 0.5) is 0 Å². The minimum atomic E-state index is 0.366. The lowest BCUT2D eigenvalue weighted by molar-refractivity contribution is 0.654. The summed E-state index contributed by atoms with van der Waals surface area (Å²) in [5, 5.41) is 5.40. The van der Waals surface area contributed by atoms with E-state index in [0.29, 0.717) is 6.04 Å². The van der Waals surface area contributed by atoms with Crippen LogP contribution in [-0.2, 0) is 0 Å². The highest BCUT2D eigenvalue weighted by Crippen LogP contribution is 2.37. The first-order valence-corrected chi connectivity index (χ1v) is 6.91. The first-order valence-electron chi connectivity index (χ1n) is 5.23. The Bertz CT molecular complexity index is 478. The van der Waals surface area contributed by atoms with Crippen molar-refractivity contribution < 1.29 is 0 Å². The van der Waals surface area contributed by atoms with E-state index in [1.807, 2.05) is 7.05 Å². The second-order valence-corrected chi connectivity index (χ2v) is 5.47. The first-order chi connectivity index (χ1) is 7.74. The Kier molecular flexibility index (Phi) is 3.79. The molecule has 0 saturated heterocycles. The maximum absolute atomic E-state index is 3.60. The van der Waals surface area contributed by atoms with Gasteiger partial charge in [0.1, 0.15) is 0 Å².